The highest BCUT2D eigenvalue weighted by atomic mass is 35.5. The minimum Gasteiger partial charge on any atom is -0.507 e. The maximum Gasteiger partial charge on any atom is 0.199 e. The smallest absolute Gasteiger partial charge is 0.199 e. The van der Waals surface area contributed by atoms with Crippen LogP contribution in [0.5, 0.6) is 5.75 Å². The average Bonchev–Trinajstić information content (AvgIpc) is 2.64. The molecule has 0 spiro atoms. The van der Waals surface area contributed by atoms with Crippen molar-refractivity contribution >= 4 is 46.1 Å². The number of hydrogen-bond acceptors (Lipinski definition) is 4. The number of aromatic hydroxyl groups is 1. The van der Waals surface area contributed by atoms with Gasteiger partial charge in [0.15, 0.2) is 11.6 Å². The van der Waals surface area contributed by atoms with Gasteiger partial charge in [-0.15, -0.1) is 0 Å². The molecule has 0 saturated carbocycles. The molecule has 3 aromatic carbocycles. The van der Waals surface area contributed by atoms with Crippen LogP contribution in [0.2, 0.25) is 10.0 Å². The molecular weight excluding hydrogens is 385 g/mol. The van der Waals surface area contributed by atoms with Gasteiger partial charge in [-0.25, -0.2) is 0 Å². The fraction of sp³-hybridized carbons (Fsp3) is 0.0476. The lowest BCUT2D eigenvalue weighted by Crippen LogP contribution is -2.23. The fourth-order valence-electron chi connectivity index (χ4n) is 3.20. The van der Waals surface area contributed by atoms with Crippen LogP contribution in [0, 0.1) is 6.92 Å². The van der Waals surface area contributed by atoms with E-state index >= 15 is 0 Å². The number of carbonyl (C=O) groups excluding carboxylic acids is 2. The number of aryl methyl sites for hydroxylation is 1. The Labute approximate surface area is 165 Å². The van der Waals surface area contributed by atoms with Gasteiger partial charge in [-0.05, 0) is 43.3 Å². The predicted molar refractivity (Wildman–Crippen MR) is 106 cm³/mol. The monoisotopic (exact) mass is 397 g/mol. The van der Waals surface area contributed by atoms with E-state index < -0.39 is 11.6 Å². The molecule has 0 unspecified atom stereocenters. The summed E-state index contributed by atoms with van der Waals surface area (Å²) in [5, 5.41) is 13.7. The summed E-state index contributed by atoms with van der Waals surface area (Å²) in [5.74, 6) is -1.27. The average molecular weight is 398 g/mol. The highest BCUT2D eigenvalue weighted by molar-refractivity contribution is 6.44. The lowest BCUT2D eigenvalue weighted by atomic mass is 9.82. The first-order valence-corrected chi connectivity index (χ1v) is 8.91. The van der Waals surface area contributed by atoms with E-state index in [1.165, 1.54) is 18.2 Å². The quantitative estimate of drug-likeness (QED) is 0.436. The summed E-state index contributed by atoms with van der Waals surface area (Å²) < 4.78 is 0. The van der Waals surface area contributed by atoms with Crippen molar-refractivity contribution in [3.05, 3.63) is 86.4 Å². The van der Waals surface area contributed by atoms with E-state index in [1.54, 1.807) is 6.07 Å². The van der Waals surface area contributed by atoms with Crippen LogP contribution in [0.3, 0.4) is 0 Å². The van der Waals surface area contributed by atoms with Gasteiger partial charge in [0.05, 0.1) is 38.0 Å². The molecule has 0 fully saturated rings. The number of hydrogen-bond donors (Lipinski definition) is 2. The second-order valence-electron chi connectivity index (χ2n) is 6.31. The minimum absolute atomic E-state index is 0.0180. The lowest BCUT2D eigenvalue weighted by Gasteiger charge is -2.23. The van der Waals surface area contributed by atoms with Crippen molar-refractivity contribution in [3.63, 3.8) is 0 Å². The van der Waals surface area contributed by atoms with Crippen LogP contribution in [-0.4, -0.2) is 16.7 Å². The minimum atomic E-state index is -0.530. The third-order valence-corrected chi connectivity index (χ3v) is 5.16. The van der Waals surface area contributed by atoms with Gasteiger partial charge in [-0.3, -0.25) is 9.59 Å². The molecule has 27 heavy (non-hydrogen) atoms. The Hall–Kier alpha value is -2.82. The zero-order valence-electron chi connectivity index (χ0n) is 14.1. The highest BCUT2D eigenvalue weighted by Gasteiger charge is 2.37. The van der Waals surface area contributed by atoms with E-state index in [-0.39, 0.29) is 38.0 Å². The summed E-state index contributed by atoms with van der Waals surface area (Å²) in [6, 6.07) is 13.5. The van der Waals surface area contributed by atoms with Crippen molar-refractivity contribution in [2.45, 2.75) is 6.92 Å². The summed E-state index contributed by atoms with van der Waals surface area (Å²) in [7, 11) is 0. The molecule has 3 aromatic rings. The third kappa shape index (κ3) is 2.78. The standard InChI is InChI=1S/C21H13Cl2NO3/c1-10-2-4-11(5-3-10)24-14-8-9-15(25)19-18(14)20(26)16-12(22)6-7-13(23)17(16)21(19)27/h2-9,24-25H,1H3. The van der Waals surface area contributed by atoms with Crippen molar-refractivity contribution in [1.82, 2.24) is 0 Å². The molecule has 0 aliphatic heterocycles. The SMILES string of the molecule is Cc1ccc(Nc2ccc(O)c3c2C(=O)c2c(Cl)ccc(Cl)c2C3=O)cc1. The Morgan fingerprint density at radius 2 is 1.30 bits per heavy atom. The number of halogens is 2. The molecule has 0 atom stereocenters. The van der Waals surface area contributed by atoms with Crippen LogP contribution in [-0.2, 0) is 0 Å². The zero-order chi connectivity index (χ0) is 19.3. The predicted octanol–water partition coefficient (Wildman–Crippen LogP) is 5.53. The molecule has 6 heteroatoms. The third-order valence-electron chi connectivity index (χ3n) is 4.53. The summed E-state index contributed by atoms with van der Waals surface area (Å²) in [5.41, 5.74) is 2.33. The van der Waals surface area contributed by atoms with Crippen LogP contribution in [0.4, 0.5) is 11.4 Å². The van der Waals surface area contributed by atoms with Gasteiger partial charge < -0.3 is 10.4 Å². The first-order valence-electron chi connectivity index (χ1n) is 8.15. The van der Waals surface area contributed by atoms with Gasteiger partial charge in [0, 0.05) is 5.69 Å². The van der Waals surface area contributed by atoms with Gasteiger partial charge in [-0.1, -0.05) is 40.9 Å². The normalized spacial score (nSPS) is 12.6. The van der Waals surface area contributed by atoms with Crippen molar-refractivity contribution in [2.24, 2.45) is 0 Å². The number of benzene rings is 3. The lowest BCUT2D eigenvalue weighted by molar-refractivity contribution is 0.0977. The number of carbonyl (C=O) groups is 2. The van der Waals surface area contributed by atoms with Gasteiger partial charge in [-0.2, -0.15) is 0 Å². The molecule has 4 nitrogen and oxygen atoms in total. The van der Waals surface area contributed by atoms with Gasteiger partial charge in [0.25, 0.3) is 0 Å². The van der Waals surface area contributed by atoms with Gasteiger partial charge >= 0.3 is 0 Å². The maximum atomic E-state index is 13.2. The largest absolute Gasteiger partial charge is 0.507 e. The van der Waals surface area contributed by atoms with E-state index in [0.29, 0.717) is 5.69 Å². The number of rotatable bonds is 2. The number of anilines is 2. The summed E-state index contributed by atoms with van der Waals surface area (Å²) in [4.78, 5) is 26.2. The molecule has 0 bridgehead atoms. The number of phenolic OH excluding ortho intramolecular Hbond substituents is 1. The fourth-order valence-corrected chi connectivity index (χ4v) is 3.69. The van der Waals surface area contributed by atoms with Crippen molar-refractivity contribution < 1.29 is 14.7 Å². The number of fused-ring (bicyclic) bond motifs is 2. The molecule has 0 saturated heterocycles. The molecule has 4 rings (SSSR count). The van der Waals surface area contributed by atoms with E-state index in [2.05, 4.69) is 5.32 Å². The van der Waals surface area contributed by atoms with Gasteiger partial charge in [0.2, 0.25) is 0 Å². The maximum absolute atomic E-state index is 13.2. The molecule has 0 aromatic heterocycles. The topological polar surface area (TPSA) is 66.4 Å². The molecule has 0 heterocycles. The van der Waals surface area contributed by atoms with Gasteiger partial charge in [0.1, 0.15) is 5.75 Å². The zero-order valence-corrected chi connectivity index (χ0v) is 15.7. The Morgan fingerprint density at radius 1 is 0.741 bits per heavy atom. The van der Waals surface area contributed by atoms with Crippen molar-refractivity contribution in [2.75, 3.05) is 5.32 Å². The van der Waals surface area contributed by atoms with E-state index in [1.807, 2.05) is 31.2 Å². The first-order chi connectivity index (χ1) is 12.9. The Kier molecular flexibility index (Phi) is 4.17. The van der Waals surface area contributed by atoms with Crippen molar-refractivity contribution in [3.8, 4) is 5.75 Å². The number of ketones is 2. The summed E-state index contributed by atoms with van der Waals surface area (Å²) in [6.07, 6.45) is 0. The van der Waals surface area contributed by atoms with Crippen LogP contribution in [0.25, 0.3) is 0 Å². The number of nitrogens with one attached hydrogen (secondary N) is 1. The second kappa shape index (κ2) is 6.41. The van der Waals surface area contributed by atoms with Crippen LogP contribution < -0.4 is 5.32 Å². The first kappa shape index (κ1) is 17.6. The summed E-state index contributed by atoms with van der Waals surface area (Å²) in [6.45, 7) is 1.97. The molecule has 134 valence electrons. The molecule has 1 aliphatic rings. The second-order valence-corrected chi connectivity index (χ2v) is 7.13. The molecule has 1 aliphatic carbocycles. The molecule has 0 amide bonds. The summed E-state index contributed by atoms with van der Waals surface area (Å²) >= 11 is 12.3. The Bertz CT molecular complexity index is 1120. The molecular formula is C21H13Cl2NO3. The Balaban J connectivity index is 1.93. The molecule has 2 N–H and O–H groups in total. The van der Waals surface area contributed by atoms with E-state index in [4.69, 9.17) is 23.2 Å². The highest BCUT2D eigenvalue weighted by Crippen LogP contribution is 2.42. The van der Waals surface area contributed by atoms with E-state index in [9.17, 15) is 14.7 Å². The van der Waals surface area contributed by atoms with Crippen LogP contribution in [0.1, 0.15) is 37.4 Å². The van der Waals surface area contributed by atoms with Crippen LogP contribution >= 0.6 is 23.2 Å². The van der Waals surface area contributed by atoms with Crippen LogP contribution in [0.15, 0.2) is 48.5 Å². The number of phenols is 1. The van der Waals surface area contributed by atoms with Crippen molar-refractivity contribution in [1.29, 1.82) is 0 Å². The molecule has 0 radical (unpaired) electrons. The Morgan fingerprint density at radius 3 is 1.89 bits per heavy atom. The van der Waals surface area contributed by atoms with E-state index in [0.717, 1.165) is 11.3 Å².